The fourth-order valence-corrected chi connectivity index (χ4v) is 2.80. The third kappa shape index (κ3) is 3.88. The molecule has 2 N–H and O–H groups in total. The molecule has 1 fully saturated rings. The summed E-state index contributed by atoms with van der Waals surface area (Å²) in [5.74, 6) is -0.956. The fraction of sp³-hybridized carbons (Fsp3) is 0.467. The van der Waals surface area contributed by atoms with E-state index in [1.165, 1.54) is 4.90 Å². The van der Waals surface area contributed by atoms with Crippen LogP contribution in [-0.2, 0) is 4.79 Å². The predicted molar refractivity (Wildman–Crippen MR) is 81.8 cm³/mol. The highest BCUT2D eigenvalue weighted by Crippen LogP contribution is 2.24. The average molecular weight is 311 g/mol. The van der Waals surface area contributed by atoms with Crippen LogP contribution in [0.15, 0.2) is 18.2 Å². The molecular weight excluding hydrogens is 292 g/mol. The smallest absolute Gasteiger partial charge is 0.326 e. The first-order valence-electron chi connectivity index (χ1n) is 7.05. The summed E-state index contributed by atoms with van der Waals surface area (Å²) in [4.78, 5) is 25.1. The van der Waals surface area contributed by atoms with Crippen LogP contribution in [-0.4, -0.2) is 34.6 Å². The monoisotopic (exact) mass is 310 g/mol. The third-order valence-electron chi connectivity index (χ3n) is 3.66. The van der Waals surface area contributed by atoms with Gasteiger partial charge < -0.3 is 15.3 Å². The van der Waals surface area contributed by atoms with E-state index in [-0.39, 0.29) is 0 Å². The minimum Gasteiger partial charge on any atom is -0.480 e. The highest BCUT2D eigenvalue weighted by atomic mass is 35.5. The zero-order valence-electron chi connectivity index (χ0n) is 11.9. The summed E-state index contributed by atoms with van der Waals surface area (Å²) >= 11 is 6.09. The van der Waals surface area contributed by atoms with Crippen LogP contribution in [0.5, 0.6) is 0 Å². The molecule has 0 radical (unpaired) electrons. The topological polar surface area (TPSA) is 69.6 Å². The number of hydrogen-bond acceptors (Lipinski definition) is 2. The number of nitrogens with zero attached hydrogens (tertiary/aromatic N) is 1. The number of carbonyl (C=O) groups excluding carboxylic acids is 1. The number of urea groups is 1. The number of aliphatic carboxylic acids is 1. The maximum atomic E-state index is 12.4. The summed E-state index contributed by atoms with van der Waals surface area (Å²) in [6, 6.07) is 4.16. The molecule has 1 saturated heterocycles. The summed E-state index contributed by atoms with van der Waals surface area (Å²) < 4.78 is 0. The Labute approximate surface area is 128 Å². The molecule has 1 aliphatic heterocycles. The Morgan fingerprint density at radius 1 is 1.33 bits per heavy atom. The molecule has 0 aromatic heterocycles. The molecule has 21 heavy (non-hydrogen) atoms. The quantitative estimate of drug-likeness (QED) is 0.878. The summed E-state index contributed by atoms with van der Waals surface area (Å²) in [5, 5.41) is 12.5. The van der Waals surface area contributed by atoms with Gasteiger partial charge in [-0.1, -0.05) is 30.5 Å². The molecule has 1 aromatic rings. The molecule has 6 heteroatoms. The van der Waals surface area contributed by atoms with Crippen molar-refractivity contribution < 1.29 is 14.7 Å². The Kier molecular flexibility index (Phi) is 5.07. The van der Waals surface area contributed by atoms with Crippen molar-refractivity contribution in [2.75, 3.05) is 11.9 Å². The lowest BCUT2D eigenvalue weighted by Gasteiger charge is -2.27. The predicted octanol–water partition coefficient (Wildman–Crippen LogP) is 3.51. The molecule has 0 saturated carbocycles. The van der Waals surface area contributed by atoms with Crippen LogP contribution >= 0.6 is 11.6 Å². The van der Waals surface area contributed by atoms with E-state index in [2.05, 4.69) is 5.32 Å². The van der Waals surface area contributed by atoms with Crippen LogP contribution in [0.1, 0.15) is 31.2 Å². The lowest BCUT2D eigenvalue weighted by molar-refractivity contribution is -0.142. The van der Waals surface area contributed by atoms with Crippen LogP contribution in [0, 0.1) is 6.92 Å². The number of hydrogen-bond donors (Lipinski definition) is 2. The second kappa shape index (κ2) is 6.80. The zero-order valence-corrected chi connectivity index (χ0v) is 12.7. The maximum absolute atomic E-state index is 12.4. The highest BCUT2D eigenvalue weighted by molar-refractivity contribution is 6.33. The second-order valence-electron chi connectivity index (χ2n) is 5.31. The molecule has 1 aromatic carbocycles. The summed E-state index contributed by atoms with van der Waals surface area (Å²) in [6.07, 6.45) is 3.08. The van der Waals surface area contributed by atoms with Crippen molar-refractivity contribution in [3.8, 4) is 0 Å². The maximum Gasteiger partial charge on any atom is 0.326 e. The SMILES string of the molecule is Cc1ccc(NC(=O)N2CCCCCC2C(=O)O)c(Cl)c1. The molecule has 5 nitrogen and oxygen atoms in total. The minimum atomic E-state index is -0.956. The first-order valence-corrected chi connectivity index (χ1v) is 7.43. The largest absolute Gasteiger partial charge is 0.480 e. The van der Waals surface area contributed by atoms with Crippen LogP contribution in [0.25, 0.3) is 0 Å². The molecule has 1 aliphatic rings. The van der Waals surface area contributed by atoms with Crippen molar-refractivity contribution in [1.82, 2.24) is 4.90 Å². The van der Waals surface area contributed by atoms with Crippen molar-refractivity contribution in [2.45, 2.75) is 38.6 Å². The number of rotatable bonds is 2. The Balaban J connectivity index is 2.14. The van der Waals surface area contributed by atoms with Gasteiger partial charge in [-0.15, -0.1) is 0 Å². The number of likely N-dealkylation sites (tertiary alicyclic amines) is 1. The van der Waals surface area contributed by atoms with Crippen LogP contribution < -0.4 is 5.32 Å². The van der Waals surface area contributed by atoms with E-state index in [9.17, 15) is 14.7 Å². The fourth-order valence-electron chi connectivity index (χ4n) is 2.52. The van der Waals surface area contributed by atoms with Crippen molar-refractivity contribution in [1.29, 1.82) is 0 Å². The lowest BCUT2D eigenvalue weighted by atomic mass is 10.1. The van der Waals surface area contributed by atoms with E-state index in [1.807, 2.05) is 13.0 Å². The first kappa shape index (κ1) is 15.6. The number of carbonyl (C=O) groups is 2. The molecule has 1 heterocycles. The van der Waals surface area contributed by atoms with Gasteiger partial charge in [-0.3, -0.25) is 0 Å². The minimum absolute atomic E-state index is 0.407. The van der Waals surface area contributed by atoms with Gasteiger partial charge in [-0.2, -0.15) is 0 Å². The molecule has 0 spiro atoms. The van der Waals surface area contributed by atoms with Gasteiger partial charge in [0.15, 0.2) is 0 Å². The van der Waals surface area contributed by atoms with Gasteiger partial charge >= 0.3 is 12.0 Å². The summed E-state index contributed by atoms with van der Waals surface area (Å²) in [7, 11) is 0. The Morgan fingerprint density at radius 2 is 2.10 bits per heavy atom. The molecule has 1 unspecified atom stereocenters. The number of anilines is 1. The molecular formula is C15H19ClN2O3. The molecule has 114 valence electrons. The number of amides is 2. The molecule has 2 amide bonds. The zero-order chi connectivity index (χ0) is 15.4. The number of nitrogens with one attached hydrogen (secondary N) is 1. The average Bonchev–Trinajstić information content (AvgIpc) is 2.67. The van der Waals surface area contributed by atoms with E-state index in [0.29, 0.717) is 23.7 Å². The summed E-state index contributed by atoms with van der Waals surface area (Å²) in [5.41, 5.74) is 1.50. The van der Waals surface area contributed by atoms with E-state index in [4.69, 9.17) is 11.6 Å². The van der Waals surface area contributed by atoms with Gasteiger partial charge in [0.2, 0.25) is 0 Å². The normalized spacial score (nSPS) is 19.0. The molecule has 2 rings (SSSR count). The van der Waals surface area contributed by atoms with Crippen molar-refractivity contribution in [2.24, 2.45) is 0 Å². The van der Waals surface area contributed by atoms with Gasteiger partial charge in [-0.25, -0.2) is 9.59 Å². The number of halogens is 1. The van der Waals surface area contributed by atoms with Crippen molar-refractivity contribution >= 4 is 29.3 Å². The van der Waals surface area contributed by atoms with Gasteiger partial charge in [-0.05, 0) is 37.5 Å². The van der Waals surface area contributed by atoms with Crippen molar-refractivity contribution in [3.05, 3.63) is 28.8 Å². The number of benzene rings is 1. The first-order chi connectivity index (χ1) is 9.99. The van der Waals surface area contributed by atoms with Crippen molar-refractivity contribution in [3.63, 3.8) is 0 Å². The number of carboxylic acids is 1. The van der Waals surface area contributed by atoms with Crippen LogP contribution in [0.3, 0.4) is 0 Å². The Hall–Kier alpha value is -1.75. The molecule has 1 atom stereocenters. The number of carboxylic acid groups (broad SMARTS) is 1. The van der Waals surface area contributed by atoms with Crippen LogP contribution in [0.4, 0.5) is 10.5 Å². The summed E-state index contributed by atoms with van der Waals surface area (Å²) in [6.45, 7) is 2.36. The molecule has 0 bridgehead atoms. The Morgan fingerprint density at radius 3 is 2.76 bits per heavy atom. The van der Waals surface area contributed by atoms with Gasteiger partial charge in [0.1, 0.15) is 6.04 Å². The standard InChI is InChI=1S/C15H19ClN2O3/c1-10-6-7-12(11(16)9-10)17-15(21)18-8-4-2-3-5-13(18)14(19)20/h6-7,9,13H,2-5,8H2,1H3,(H,17,21)(H,19,20). The molecule has 0 aliphatic carbocycles. The third-order valence-corrected chi connectivity index (χ3v) is 3.98. The lowest BCUT2D eigenvalue weighted by Crippen LogP contribution is -2.46. The van der Waals surface area contributed by atoms with E-state index >= 15 is 0 Å². The van der Waals surface area contributed by atoms with E-state index < -0.39 is 18.0 Å². The van der Waals surface area contributed by atoms with Gasteiger partial charge in [0.05, 0.1) is 10.7 Å². The van der Waals surface area contributed by atoms with Crippen LogP contribution in [0.2, 0.25) is 5.02 Å². The van der Waals surface area contributed by atoms with Gasteiger partial charge in [0, 0.05) is 6.54 Å². The highest BCUT2D eigenvalue weighted by Gasteiger charge is 2.30. The number of aryl methyl sites for hydroxylation is 1. The second-order valence-corrected chi connectivity index (χ2v) is 5.72. The van der Waals surface area contributed by atoms with Gasteiger partial charge in [0.25, 0.3) is 0 Å². The Bertz CT molecular complexity index is 548. The van der Waals surface area contributed by atoms with E-state index in [0.717, 1.165) is 24.8 Å². The van der Waals surface area contributed by atoms with E-state index in [1.54, 1.807) is 12.1 Å².